The largest absolute Gasteiger partial charge is 0.459 e. The maximum Gasteiger partial charge on any atom is 0.309 e. The molecule has 0 unspecified atom stereocenters. The fourth-order valence-corrected chi connectivity index (χ4v) is 3.99. The number of alkyl halides is 2. The topological polar surface area (TPSA) is 26.3 Å². The summed E-state index contributed by atoms with van der Waals surface area (Å²) in [6.45, 7) is 1.46. The second-order valence-corrected chi connectivity index (χ2v) is 7.83. The summed E-state index contributed by atoms with van der Waals surface area (Å²) in [5, 5.41) is 0. The molecular formula is C23H34F2O2. The SMILES string of the molecule is CCCCCCCCc1ccc([C@H]2CC[C@H](C(=O)OCC(F)F)CC2)cc1. The van der Waals surface area contributed by atoms with Gasteiger partial charge in [0.2, 0.25) is 0 Å². The van der Waals surface area contributed by atoms with E-state index in [0.29, 0.717) is 5.92 Å². The molecule has 0 saturated heterocycles. The molecule has 0 aromatic heterocycles. The minimum absolute atomic E-state index is 0.216. The third-order valence-corrected chi connectivity index (χ3v) is 5.68. The number of halogens is 2. The zero-order valence-corrected chi connectivity index (χ0v) is 16.6. The predicted molar refractivity (Wildman–Crippen MR) is 105 cm³/mol. The Labute approximate surface area is 162 Å². The van der Waals surface area contributed by atoms with Crippen LogP contribution in [0.15, 0.2) is 24.3 Å². The number of aryl methyl sites for hydroxylation is 1. The third kappa shape index (κ3) is 7.98. The molecule has 1 aliphatic rings. The molecule has 2 rings (SSSR count). The highest BCUT2D eigenvalue weighted by Crippen LogP contribution is 2.36. The molecule has 0 aliphatic heterocycles. The third-order valence-electron chi connectivity index (χ3n) is 5.68. The summed E-state index contributed by atoms with van der Waals surface area (Å²) in [6.07, 6.45) is 9.77. The van der Waals surface area contributed by atoms with Crippen LogP contribution in [0.4, 0.5) is 8.78 Å². The molecule has 0 bridgehead atoms. The van der Waals surface area contributed by atoms with Gasteiger partial charge in [-0.05, 0) is 55.6 Å². The van der Waals surface area contributed by atoms with Crippen molar-refractivity contribution in [2.24, 2.45) is 5.92 Å². The van der Waals surface area contributed by atoms with Gasteiger partial charge in [0.1, 0.15) is 0 Å². The summed E-state index contributed by atoms with van der Waals surface area (Å²) >= 11 is 0. The number of hydrogen-bond donors (Lipinski definition) is 0. The van der Waals surface area contributed by atoms with Gasteiger partial charge in [-0.25, -0.2) is 8.78 Å². The van der Waals surface area contributed by atoms with Crippen molar-refractivity contribution in [3.8, 4) is 0 Å². The summed E-state index contributed by atoms with van der Waals surface area (Å²) in [7, 11) is 0. The van der Waals surface area contributed by atoms with Gasteiger partial charge in [-0.2, -0.15) is 0 Å². The Balaban J connectivity index is 1.69. The number of rotatable bonds is 11. The van der Waals surface area contributed by atoms with E-state index in [0.717, 1.165) is 32.1 Å². The minimum atomic E-state index is -2.58. The van der Waals surface area contributed by atoms with Crippen molar-refractivity contribution in [1.82, 2.24) is 0 Å². The smallest absolute Gasteiger partial charge is 0.309 e. The Morgan fingerprint density at radius 2 is 1.63 bits per heavy atom. The highest BCUT2D eigenvalue weighted by molar-refractivity contribution is 5.72. The van der Waals surface area contributed by atoms with Crippen LogP contribution in [0, 0.1) is 5.92 Å². The van der Waals surface area contributed by atoms with E-state index in [2.05, 4.69) is 35.9 Å². The number of carbonyl (C=O) groups is 1. The van der Waals surface area contributed by atoms with E-state index in [1.807, 2.05) is 0 Å². The Bertz CT molecular complexity index is 534. The molecule has 1 fully saturated rings. The van der Waals surface area contributed by atoms with Crippen LogP contribution in [0.1, 0.15) is 88.2 Å². The van der Waals surface area contributed by atoms with Crippen molar-refractivity contribution in [3.05, 3.63) is 35.4 Å². The average Bonchev–Trinajstić information content (AvgIpc) is 2.69. The number of carbonyl (C=O) groups excluding carboxylic acids is 1. The molecule has 27 heavy (non-hydrogen) atoms. The van der Waals surface area contributed by atoms with Crippen LogP contribution in [-0.2, 0) is 16.0 Å². The molecule has 1 aliphatic carbocycles. The second kappa shape index (κ2) is 12.1. The number of esters is 1. The first-order valence-electron chi connectivity index (χ1n) is 10.6. The lowest BCUT2D eigenvalue weighted by molar-refractivity contribution is -0.153. The van der Waals surface area contributed by atoms with Crippen molar-refractivity contribution in [2.45, 2.75) is 89.9 Å². The lowest BCUT2D eigenvalue weighted by atomic mass is 9.78. The van der Waals surface area contributed by atoms with Crippen LogP contribution in [-0.4, -0.2) is 19.0 Å². The first-order valence-corrected chi connectivity index (χ1v) is 10.6. The molecule has 1 aromatic carbocycles. The summed E-state index contributed by atoms with van der Waals surface area (Å²) in [5.74, 6) is -0.206. The van der Waals surface area contributed by atoms with Gasteiger partial charge in [-0.1, -0.05) is 63.3 Å². The Morgan fingerprint density at radius 1 is 1.00 bits per heavy atom. The van der Waals surface area contributed by atoms with Crippen molar-refractivity contribution in [3.63, 3.8) is 0 Å². The Morgan fingerprint density at radius 3 is 2.26 bits per heavy atom. The average molecular weight is 381 g/mol. The first-order chi connectivity index (χ1) is 13.1. The van der Waals surface area contributed by atoms with Gasteiger partial charge in [0, 0.05) is 0 Å². The van der Waals surface area contributed by atoms with Gasteiger partial charge in [0.15, 0.2) is 6.61 Å². The fourth-order valence-electron chi connectivity index (χ4n) is 3.99. The lowest BCUT2D eigenvalue weighted by Crippen LogP contribution is -2.24. The van der Waals surface area contributed by atoms with Gasteiger partial charge >= 0.3 is 5.97 Å². The van der Waals surface area contributed by atoms with Gasteiger partial charge < -0.3 is 4.74 Å². The maximum atomic E-state index is 12.1. The van der Waals surface area contributed by atoms with Gasteiger partial charge in [0.05, 0.1) is 5.92 Å². The molecule has 0 heterocycles. The monoisotopic (exact) mass is 380 g/mol. The highest BCUT2D eigenvalue weighted by Gasteiger charge is 2.28. The Hall–Kier alpha value is -1.45. The van der Waals surface area contributed by atoms with Crippen LogP contribution in [0.2, 0.25) is 0 Å². The number of benzene rings is 1. The molecule has 0 atom stereocenters. The maximum absolute atomic E-state index is 12.1. The standard InChI is InChI=1S/C23H34F2O2/c1-2-3-4-5-6-7-8-18-9-11-19(12-10-18)20-13-15-21(16-14-20)23(26)27-17-22(24)25/h9-12,20-22H,2-8,13-17H2,1H3/t20-,21-. The van der Waals surface area contributed by atoms with Crippen molar-refractivity contribution < 1.29 is 18.3 Å². The van der Waals surface area contributed by atoms with E-state index in [4.69, 9.17) is 0 Å². The summed E-state index contributed by atoms with van der Waals surface area (Å²) in [6, 6.07) is 8.94. The quantitative estimate of drug-likeness (QED) is 0.316. The van der Waals surface area contributed by atoms with Crippen LogP contribution >= 0.6 is 0 Å². The molecule has 4 heteroatoms. The van der Waals surface area contributed by atoms with E-state index < -0.39 is 19.0 Å². The van der Waals surface area contributed by atoms with Crippen LogP contribution in [0.3, 0.4) is 0 Å². The zero-order chi connectivity index (χ0) is 19.5. The highest BCUT2D eigenvalue weighted by atomic mass is 19.3. The summed E-state index contributed by atoms with van der Waals surface area (Å²) in [4.78, 5) is 11.8. The fraction of sp³-hybridized carbons (Fsp3) is 0.696. The summed E-state index contributed by atoms with van der Waals surface area (Å²) < 4.78 is 29.0. The van der Waals surface area contributed by atoms with Crippen LogP contribution in [0.25, 0.3) is 0 Å². The number of ether oxygens (including phenoxy) is 1. The molecule has 1 aromatic rings. The van der Waals surface area contributed by atoms with Crippen LogP contribution < -0.4 is 0 Å². The van der Waals surface area contributed by atoms with Gasteiger partial charge in [-0.3, -0.25) is 4.79 Å². The molecule has 0 radical (unpaired) electrons. The lowest BCUT2D eigenvalue weighted by Gasteiger charge is -2.27. The van der Waals surface area contributed by atoms with E-state index >= 15 is 0 Å². The molecular weight excluding hydrogens is 346 g/mol. The second-order valence-electron chi connectivity index (χ2n) is 7.83. The zero-order valence-electron chi connectivity index (χ0n) is 16.6. The molecule has 152 valence electrons. The molecule has 0 amide bonds. The van der Waals surface area contributed by atoms with Crippen molar-refractivity contribution in [2.75, 3.05) is 6.61 Å². The van der Waals surface area contributed by atoms with E-state index in [1.165, 1.54) is 49.7 Å². The Kier molecular flexibility index (Phi) is 9.79. The number of unbranched alkanes of at least 4 members (excludes halogenated alkanes) is 5. The molecule has 1 saturated carbocycles. The first kappa shape index (κ1) is 21.8. The molecule has 2 nitrogen and oxygen atoms in total. The van der Waals surface area contributed by atoms with Crippen molar-refractivity contribution >= 4 is 5.97 Å². The van der Waals surface area contributed by atoms with E-state index in [1.54, 1.807) is 0 Å². The van der Waals surface area contributed by atoms with Crippen LogP contribution in [0.5, 0.6) is 0 Å². The minimum Gasteiger partial charge on any atom is -0.459 e. The normalized spacial score (nSPS) is 20.0. The van der Waals surface area contributed by atoms with Gasteiger partial charge in [0.25, 0.3) is 6.43 Å². The van der Waals surface area contributed by atoms with Gasteiger partial charge in [-0.15, -0.1) is 0 Å². The number of hydrogen-bond acceptors (Lipinski definition) is 2. The van der Waals surface area contributed by atoms with E-state index in [-0.39, 0.29) is 5.92 Å². The molecule has 0 N–H and O–H groups in total. The molecule has 0 spiro atoms. The van der Waals surface area contributed by atoms with Crippen molar-refractivity contribution in [1.29, 1.82) is 0 Å². The predicted octanol–water partition coefficient (Wildman–Crippen LogP) is 6.67. The summed E-state index contributed by atoms with van der Waals surface area (Å²) in [5.41, 5.74) is 2.74. The van der Waals surface area contributed by atoms with E-state index in [9.17, 15) is 13.6 Å².